The third kappa shape index (κ3) is 6.58. The summed E-state index contributed by atoms with van der Waals surface area (Å²) in [6, 6.07) is 5.54. The Hall–Kier alpha value is -2.34. The zero-order valence-corrected chi connectivity index (χ0v) is 11.7. The van der Waals surface area contributed by atoms with Gasteiger partial charge in [0.1, 0.15) is 6.04 Å². The van der Waals surface area contributed by atoms with Crippen LogP contribution in [0.2, 0.25) is 5.02 Å². The van der Waals surface area contributed by atoms with Crippen molar-refractivity contribution in [2.45, 2.75) is 18.9 Å². The monoisotopic (exact) mass is 311 g/mol. The van der Waals surface area contributed by atoms with Gasteiger partial charge in [-0.2, -0.15) is 0 Å². The summed E-state index contributed by atoms with van der Waals surface area (Å²) in [5, 5.41) is 20.2. The number of carboxylic acids is 2. The zero-order valence-electron chi connectivity index (χ0n) is 11.0. The van der Waals surface area contributed by atoms with Gasteiger partial charge in [-0.1, -0.05) is 23.7 Å². The van der Waals surface area contributed by atoms with E-state index in [2.05, 4.69) is 5.32 Å². The van der Waals surface area contributed by atoms with Crippen LogP contribution in [0.4, 0.5) is 0 Å². The van der Waals surface area contributed by atoms with Crippen molar-refractivity contribution in [2.24, 2.45) is 0 Å². The highest BCUT2D eigenvalue weighted by Gasteiger charge is 2.19. The Morgan fingerprint density at radius 3 is 2.57 bits per heavy atom. The molecule has 1 amide bonds. The number of aliphatic carboxylic acids is 2. The van der Waals surface area contributed by atoms with Gasteiger partial charge in [-0.3, -0.25) is 9.59 Å². The standard InChI is InChI=1S/C14H14ClNO5/c15-10-3-1-2-9(8-10)4-6-12(17)16-11(14(20)21)5-7-13(18)19/h1-4,6,8,11H,5,7H2,(H,16,17)(H,18,19)(H,20,21)/b6-4+. The zero-order chi connectivity index (χ0) is 15.8. The molecule has 1 atom stereocenters. The number of nitrogens with one attached hydrogen (secondary N) is 1. The van der Waals surface area contributed by atoms with E-state index in [1.807, 2.05) is 0 Å². The van der Waals surface area contributed by atoms with E-state index < -0.39 is 23.9 Å². The number of carboxylic acid groups (broad SMARTS) is 2. The van der Waals surface area contributed by atoms with E-state index in [4.69, 9.17) is 21.8 Å². The van der Waals surface area contributed by atoms with Crippen LogP contribution in [-0.2, 0) is 14.4 Å². The molecule has 1 aromatic rings. The molecule has 0 saturated heterocycles. The molecule has 0 spiro atoms. The molecule has 1 rings (SSSR count). The average molecular weight is 312 g/mol. The highest BCUT2D eigenvalue weighted by molar-refractivity contribution is 6.30. The van der Waals surface area contributed by atoms with E-state index in [9.17, 15) is 14.4 Å². The fourth-order valence-corrected chi connectivity index (χ4v) is 1.73. The topological polar surface area (TPSA) is 104 Å². The van der Waals surface area contributed by atoms with Crippen molar-refractivity contribution in [1.82, 2.24) is 5.32 Å². The molecule has 0 heterocycles. The van der Waals surface area contributed by atoms with Gasteiger partial charge >= 0.3 is 11.9 Å². The molecule has 0 radical (unpaired) electrons. The molecular formula is C14H14ClNO5. The normalized spacial score (nSPS) is 12.0. The van der Waals surface area contributed by atoms with Gasteiger partial charge in [0, 0.05) is 17.5 Å². The summed E-state index contributed by atoms with van der Waals surface area (Å²) in [4.78, 5) is 33.0. The van der Waals surface area contributed by atoms with Crippen molar-refractivity contribution in [1.29, 1.82) is 0 Å². The Kier molecular flexibility index (Phi) is 6.42. The summed E-state index contributed by atoms with van der Waals surface area (Å²) < 4.78 is 0. The van der Waals surface area contributed by atoms with Gasteiger partial charge in [0.2, 0.25) is 5.91 Å². The highest BCUT2D eigenvalue weighted by Crippen LogP contribution is 2.11. The van der Waals surface area contributed by atoms with Crippen LogP contribution in [0, 0.1) is 0 Å². The summed E-state index contributed by atoms with van der Waals surface area (Å²) in [5.74, 6) is -3.02. The van der Waals surface area contributed by atoms with E-state index in [1.54, 1.807) is 24.3 Å². The van der Waals surface area contributed by atoms with Gasteiger partial charge in [0.05, 0.1) is 0 Å². The predicted molar refractivity (Wildman–Crippen MR) is 76.9 cm³/mol. The minimum Gasteiger partial charge on any atom is -0.481 e. The first-order chi connectivity index (χ1) is 9.88. The summed E-state index contributed by atoms with van der Waals surface area (Å²) in [7, 11) is 0. The molecule has 0 saturated carbocycles. The third-order valence-corrected chi connectivity index (χ3v) is 2.77. The molecule has 21 heavy (non-hydrogen) atoms. The second-order valence-electron chi connectivity index (χ2n) is 4.22. The van der Waals surface area contributed by atoms with Crippen molar-refractivity contribution in [3.05, 3.63) is 40.9 Å². The number of carbonyl (C=O) groups is 3. The Labute approximate surface area is 126 Å². The molecule has 6 nitrogen and oxygen atoms in total. The first-order valence-corrected chi connectivity index (χ1v) is 6.45. The molecule has 1 aromatic carbocycles. The lowest BCUT2D eigenvalue weighted by atomic mass is 10.1. The molecule has 0 aromatic heterocycles. The van der Waals surface area contributed by atoms with Gasteiger partial charge in [0.25, 0.3) is 0 Å². The van der Waals surface area contributed by atoms with E-state index in [0.29, 0.717) is 10.6 Å². The first-order valence-electron chi connectivity index (χ1n) is 6.07. The van der Waals surface area contributed by atoms with Crippen molar-refractivity contribution in [3.8, 4) is 0 Å². The van der Waals surface area contributed by atoms with Gasteiger partial charge in [-0.05, 0) is 30.2 Å². The molecule has 1 unspecified atom stereocenters. The molecule has 3 N–H and O–H groups in total. The van der Waals surface area contributed by atoms with E-state index in [0.717, 1.165) is 0 Å². The van der Waals surface area contributed by atoms with Crippen LogP contribution >= 0.6 is 11.6 Å². The van der Waals surface area contributed by atoms with Crippen LogP contribution in [0.3, 0.4) is 0 Å². The summed E-state index contributed by atoms with van der Waals surface area (Å²) in [5.41, 5.74) is 0.690. The maximum atomic E-state index is 11.6. The van der Waals surface area contributed by atoms with Gasteiger partial charge in [-0.25, -0.2) is 4.79 Å². The SMILES string of the molecule is O=C(O)CCC(NC(=O)/C=C/c1cccc(Cl)c1)C(=O)O. The van der Waals surface area contributed by atoms with Crippen molar-refractivity contribution >= 4 is 35.5 Å². The molecule has 0 bridgehead atoms. The van der Waals surface area contributed by atoms with E-state index in [-0.39, 0.29) is 12.8 Å². The molecular weight excluding hydrogens is 298 g/mol. The van der Waals surface area contributed by atoms with Gasteiger partial charge in [0.15, 0.2) is 0 Å². The third-order valence-electron chi connectivity index (χ3n) is 2.54. The first kappa shape index (κ1) is 16.7. The molecule has 0 aliphatic carbocycles. The van der Waals surface area contributed by atoms with E-state index in [1.165, 1.54) is 12.2 Å². The van der Waals surface area contributed by atoms with Crippen molar-refractivity contribution in [3.63, 3.8) is 0 Å². The number of benzene rings is 1. The lowest BCUT2D eigenvalue weighted by molar-refractivity contribution is -0.142. The van der Waals surface area contributed by atoms with Crippen LogP contribution in [0.15, 0.2) is 30.3 Å². The predicted octanol–water partition coefficient (Wildman–Crippen LogP) is 1.79. The number of hydrogen-bond donors (Lipinski definition) is 3. The number of carbonyl (C=O) groups excluding carboxylic acids is 1. The second-order valence-corrected chi connectivity index (χ2v) is 4.66. The minimum atomic E-state index is -1.28. The molecule has 7 heteroatoms. The van der Waals surface area contributed by atoms with Crippen molar-refractivity contribution in [2.75, 3.05) is 0 Å². The van der Waals surface area contributed by atoms with E-state index >= 15 is 0 Å². The lowest BCUT2D eigenvalue weighted by Crippen LogP contribution is -2.40. The van der Waals surface area contributed by atoms with Crippen LogP contribution in [-0.4, -0.2) is 34.1 Å². The minimum absolute atomic E-state index is 0.179. The fourth-order valence-electron chi connectivity index (χ4n) is 1.53. The van der Waals surface area contributed by atoms with Crippen LogP contribution in [0.5, 0.6) is 0 Å². The Balaban J connectivity index is 2.61. The average Bonchev–Trinajstić information content (AvgIpc) is 2.40. The summed E-state index contributed by atoms with van der Waals surface area (Å²) in [6.07, 6.45) is 2.14. The number of hydrogen-bond acceptors (Lipinski definition) is 3. The fraction of sp³-hybridized carbons (Fsp3) is 0.214. The largest absolute Gasteiger partial charge is 0.481 e. The Morgan fingerprint density at radius 2 is 2.00 bits per heavy atom. The lowest BCUT2D eigenvalue weighted by Gasteiger charge is -2.11. The molecule has 0 fully saturated rings. The number of rotatable bonds is 7. The molecule has 0 aliphatic rings. The summed E-state index contributed by atoms with van der Waals surface area (Å²) >= 11 is 5.79. The smallest absolute Gasteiger partial charge is 0.326 e. The maximum Gasteiger partial charge on any atom is 0.326 e. The van der Waals surface area contributed by atoms with Crippen LogP contribution < -0.4 is 5.32 Å². The summed E-state index contributed by atoms with van der Waals surface area (Å²) in [6.45, 7) is 0. The van der Waals surface area contributed by atoms with Gasteiger partial charge in [-0.15, -0.1) is 0 Å². The quantitative estimate of drug-likeness (QED) is 0.666. The number of halogens is 1. The maximum absolute atomic E-state index is 11.6. The highest BCUT2D eigenvalue weighted by atomic mass is 35.5. The second kappa shape index (κ2) is 8.06. The van der Waals surface area contributed by atoms with Crippen molar-refractivity contribution < 1.29 is 24.6 Å². The molecule has 112 valence electrons. The van der Waals surface area contributed by atoms with Crippen LogP contribution in [0.25, 0.3) is 6.08 Å². The van der Waals surface area contributed by atoms with Crippen LogP contribution in [0.1, 0.15) is 18.4 Å². The molecule has 0 aliphatic heterocycles. The van der Waals surface area contributed by atoms with Gasteiger partial charge < -0.3 is 15.5 Å². The number of amides is 1. The Morgan fingerprint density at radius 1 is 1.29 bits per heavy atom. The Bertz CT molecular complexity index is 570.